The molecule has 0 aromatic heterocycles. The Hall–Kier alpha value is 0.520. The Morgan fingerprint density at radius 1 is 1.44 bits per heavy atom. The van der Waals surface area contributed by atoms with E-state index in [1.54, 1.807) is 0 Å². The van der Waals surface area contributed by atoms with Gasteiger partial charge in [-0.25, -0.2) is 0 Å². The van der Waals surface area contributed by atoms with Crippen LogP contribution in [-0.2, 0) is 9.47 Å². The van der Waals surface area contributed by atoms with Crippen molar-refractivity contribution in [2.45, 2.75) is 6.04 Å². The zero-order chi connectivity index (χ0) is 5.82. The van der Waals surface area contributed by atoms with Crippen LogP contribution in [0, 0.1) is 4.91 Å². The van der Waals surface area contributed by atoms with E-state index in [0.29, 0.717) is 20.0 Å². The monoisotopic (exact) mass is 141 g/mol. The van der Waals surface area contributed by atoms with E-state index in [-0.39, 0.29) is 37.0 Å². The molecule has 4 nitrogen and oxygen atoms in total. The van der Waals surface area contributed by atoms with Crippen LogP contribution in [0.5, 0.6) is 0 Å². The van der Waals surface area contributed by atoms with E-state index in [2.05, 4.69) is 5.18 Å². The van der Waals surface area contributed by atoms with Crippen LogP contribution < -0.4 is 29.6 Å². The van der Waals surface area contributed by atoms with E-state index < -0.39 is 0 Å². The van der Waals surface area contributed by atoms with Crippen molar-refractivity contribution in [1.29, 1.82) is 0 Å². The maximum atomic E-state index is 9.75. The third-order valence-electron chi connectivity index (χ3n) is 0.936. The molecule has 0 aliphatic carbocycles. The van der Waals surface area contributed by atoms with Crippen LogP contribution in [0.1, 0.15) is 1.43 Å². The topological polar surface area (TPSA) is 47.9 Å². The van der Waals surface area contributed by atoms with Gasteiger partial charge in [-0.2, -0.15) is 4.91 Å². The summed E-state index contributed by atoms with van der Waals surface area (Å²) in [5, 5.41) is 2.75. The van der Waals surface area contributed by atoms with E-state index in [0.717, 1.165) is 0 Å². The fraction of sp³-hybridized carbons (Fsp3) is 1.00. The van der Waals surface area contributed by atoms with Crippen molar-refractivity contribution in [3.63, 3.8) is 0 Å². The molecule has 1 heterocycles. The molecule has 0 aromatic carbocycles. The maximum absolute atomic E-state index is 9.75. The van der Waals surface area contributed by atoms with Gasteiger partial charge in [0.2, 0.25) is 0 Å². The van der Waals surface area contributed by atoms with Crippen molar-refractivity contribution in [1.82, 2.24) is 0 Å². The fourth-order valence-corrected chi connectivity index (χ4v) is 0.536. The van der Waals surface area contributed by atoms with Gasteiger partial charge in [-0.05, 0) is 0 Å². The number of nitrogens with zero attached hydrogens (tertiary/aromatic N) is 1. The molecule has 0 atom stereocenters. The van der Waals surface area contributed by atoms with Crippen LogP contribution in [0.3, 0.4) is 0 Å². The van der Waals surface area contributed by atoms with Crippen LogP contribution in [0.15, 0.2) is 5.18 Å². The summed E-state index contributed by atoms with van der Waals surface area (Å²) in [6.45, 7) is 1.11. The van der Waals surface area contributed by atoms with Gasteiger partial charge < -0.3 is 10.9 Å². The van der Waals surface area contributed by atoms with Gasteiger partial charge in [0.1, 0.15) is 12.8 Å². The first-order valence-electron chi connectivity index (χ1n) is 2.41. The van der Waals surface area contributed by atoms with Gasteiger partial charge in [-0.3, -0.25) is 0 Å². The summed E-state index contributed by atoms with van der Waals surface area (Å²) in [5.74, 6) is 0. The van der Waals surface area contributed by atoms with Crippen LogP contribution in [0.2, 0.25) is 0 Å². The molecule has 0 amide bonds. The van der Waals surface area contributed by atoms with Crippen LogP contribution >= 0.6 is 0 Å². The van der Waals surface area contributed by atoms with Crippen molar-refractivity contribution in [3.8, 4) is 0 Å². The van der Waals surface area contributed by atoms with Crippen LogP contribution in [0.25, 0.3) is 0 Å². The molecule has 1 saturated heterocycles. The van der Waals surface area contributed by atoms with E-state index >= 15 is 0 Å². The van der Waals surface area contributed by atoms with E-state index in [9.17, 15) is 4.91 Å². The average Bonchev–Trinajstić information content (AvgIpc) is 1.90. The van der Waals surface area contributed by atoms with Gasteiger partial charge >= 0.3 is 29.6 Å². The average molecular weight is 141 g/mol. The Bertz CT molecular complexity index is 88.6. The largest absolute Gasteiger partial charge is 1.00 e. The summed E-state index contributed by atoms with van der Waals surface area (Å²) >= 11 is 0. The summed E-state index contributed by atoms with van der Waals surface area (Å²) in [5.41, 5.74) is 0. The minimum Gasteiger partial charge on any atom is -1.00 e. The zero-order valence-corrected chi connectivity index (χ0v) is 7.37. The van der Waals surface area contributed by atoms with Crippen molar-refractivity contribution >= 4 is 0 Å². The number of hydrogen-bond acceptors (Lipinski definition) is 4. The molecule has 0 unspecified atom stereocenters. The summed E-state index contributed by atoms with van der Waals surface area (Å²) in [6, 6.07) is -0.288. The summed E-state index contributed by atoms with van der Waals surface area (Å²) in [4.78, 5) is 9.75. The summed E-state index contributed by atoms with van der Waals surface area (Å²) in [7, 11) is 0. The second kappa shape index (κ2) is 5.32. The minimum absolute atomic E-state index is 0. The third kappa shape index (κ3) is 3.27. The first-order valence-corrected chi connectivity index (χ1v) is 2.41. The van der Waals surface area contributed by atoms with E-state index in [4.69, 9.17) is 9.47 Å². The van der Waals surface area contributed by atoms with Gasteiger partial charge in [0, 0.05) is 0 Å². The molecule has 1 rings (SSSR count). The molecular formula is C4H8NNaO3. The van der Waals surface area contributed by atoms with Gasteiger partial charge in [0.15, 0.2) is 0 Å². The Kier molecular flexibility index (Phi) is 5.62. The fourth-order valence-electron chi connectivity index (χ4n) is 0.536. The molecule has 0 spiro atoms. The first-order chi connectivity index (χ1) is 3.93. The smallest absolute Gasteiger partial charge is 1.00 e. The van der Waals surface area contributed by atoms with Crippen molar-refractivity contribution in [2.24, 2.45) is 5.18 Å². The molecule has 1 aliphatic rings. The molecule has 0 radical (unpaired) electrons. The molecule has 48 valence electrons. The Balaban J connectivity index is 0. The van der Waals surface area contributed by atoms with Gasteiger partial charge in [0.25, 0.3) is 0 Å². The van der Waals surface area contributed by atoms with Crippen LogP contribution in [-0.4, -0.2) is 26.0 Å². The molecule has 0 N–H and O–H groups in total. The molecular weight excluding hydrogens is 133 g/mol. The first kappa shape index (κ1) is 9.52. The molecule has 9 heavy (non-hydrogen) atoms. The number of hydrogen-bond donors (Lipinski definition) is 0. The predicted octanol–water partition coefficient (Wildman–Crippen LogP) is -2.76. The van der Waals surface area contributed by atoms with Crippen LogP contribution in [0.4, 0.5) is 0 Å². The maximum Gasteiger partial charge on any atom is 1.00 e. The molecule has 5 heteroatoms. The Morgan fingerprint density at radius 3 is 2.33 bits per heavy atom. The van der Waals surface area contributed by atoms with Gasteiger partial charge in [-0.15, -0.1) is 0 Å². The van der Waals surface area contributed by atoms with Gasteiger partial charge in [-0.1, -0.05) is 5.18 Å². The van der Waals surface area contributed by atoms with Crippen molar-refractivity contribution < 1.29 is 40.5 Å². The molecule has 1 aliphatic heterocycles. The minimum atomic E-state index is -0.288. The molecule has 1 fully saturated rings. The molecule has 0 saturated carbocycles. The predicted molar refractivity (Wildman–Crippen MR) is 27.5 cm³/mol. The van der Waals surface area contributed by atoms with Gasteiger partial charge in [0.05, 0.1) is 13.2 Å². The molecule has 0 bridgehead atoms. The van der Waals surface area contributed by atoms with Crippen molar-refractivity contribution in [2.75, 3.05) is 20.0 Å². The summed E-state index contributed by atoms with van der Waals surface area (Å²) in [6.07, 6.45) is 0. The Morgan fingerprint density at radius 2 is 2.00 bits per heavy atom. The second-order valence-corrected chi connectivity index (χ2v) is 1.62. The van der Waals surface area contributed by atoms with E-state index in [1.807, 2.05) is 0 Å². The normalized spacial score (nSPS) is 20.4. The molecule has 0 aromatic rings. The Labute approximate surface area is 76.6 Å². The van der Waals surface area contributed by atoms with E-state index in [1.165, 1.54) is 0 Å². The number of ether oxygens (including phenoxy) is 2. The standard InChI is InChI=1S/C4H7NO3.Na.H/c6-5-4-1-7-3-8-2-4;;/h4H,1-3H2;;/q;+1;-1. The third-order valence-corrected chi connectivity index (χ3v) is 0.936. The second-order valence-electron chi connectivity index (χ2n) is 1.62. The summed E-state index contributed by atoms with van der Waals surface area (Å²) < 4.78 is 9.51. The zero-order valence-electron chi connectivity index (χ0n) is 6.37. The quantitative estimate of drug-likeness (QED) is 0.293. The SMILES string of the molecule is O=NC1COCOC1.[H-].[Na+]. The van der Waals surface area contributed by atoms with Crippen molar-refractivity contribution in [3.05, 3.63) is 4.91 Å². The number of rotatable bonds is 1. The number of nitroso groups, excluding NO2 is 1.